The summed E-state index contributed by atoms with van der Waals surface area (Å²) < 4.78 is 0. The molecule has 2 rings (SSSR count). The molecule has 0 aliphatic carbocycles. The fourth-order valence-corrected chi connectivity index (χ4v) is 1.85. The zero-order chi connectivity index (χ0) is 9.97. The minimum absolute atomic E-state index is 0.278. The predicted octanol–water partition coefficient (Wildman–Crippen LogP) is 1.86. The lowest BCUT2D eigenvalue weighted by molar-refractivity contribution is 1.00. The first kappa shape index (κ1) is 9.40. The number of rotatable bonds is 2. The van der Waals surface area contributed by atoms with Crippen molar-refractivity contribution in [1.82, 2.24) is 9.97 Å². The fraction of sp³-hybridized carbons (Fsp3) is 0.200. The second kappa shape index (κ2) is 3.92. The van der Waals surface area contributed by atoms with E-state index in [9.17, 15) is 4.79 Å². The van der Waals surface area contributed by atoms with Crippen molar-refractivity contribution in [2.45, 2.75) is 6.42 Å². The summed E-state index contributed by atoms with van der Waals surface area (Å²) in [6, 6.07) is 7.64. The Labute approximate surface area is 89.3 Å². The first-order chi connectivity index (χ1) is 6.81. The molecule has 0 unspecified atom stereocenters. The monoisotopic (exact) mass is 252 g/mol. The topological polar surface area (TPSA) is 45.8 Å². The molecule has 0 aliphatic rings. The SMILES string of the molecule is O=c1nc2ccccc2c(CCBr)[nH]1. The van der Waals surface area contributed by atoms with E-state index in [1.54, 1.807) is 0 Å². The van der Waals surface area contributed by atoms with E-state index in [1.165, 1.54) is 0 Å². The number of aryl methyl sites for hydroxylation is 1. The number of benzene rings is 1. The first-order valence-corrected chi connectivity index (χ1v) is 5.47. The molecule has 0 fully saturated rings. The van der Waals surface area contributed by atoms with Gasteiger partial charge >= 0.3 is 5.69 Å². The number of para-hydroxylation sites is 1. The summed E-state index contributed by atoms with van der Waals surface area (Å²) in [7, 11) is 0. The van der Waals surface area contributed by atoms with Crippen molar-refractivity contribution in [2.24, 2.45) is 0 Å². The molecule has 3 nitrogen and oxygen atoms in total. The average molecular weight is 253 g/mol. The smallest absolute Gasteiger partial charge is 0.309 e. The Bertz CT molecular complexity index is 507. The number of hydrogen-bond acceptors (Lipinski definition) is 2. The van der Waals surface area contributed by atoms with Crippen LogP contribution in [0.2, 0.25) is 0 Å². The van der Waals surface area contributed by atoms with Crippen LogP contribution in [0.1, 0.15) is 5.69 Å². The van der Waals surface area contributed by atoms with Crippen LogP contribution in [-0.2, 0) is 6.42 Å². The van der Waals surface area contributed by atoms with Crippen LogP contribution >= 0.6 is 15.9 Å². The van der Waals surface area contributed by atoms with Gasteiger partial charge in [-0.1, -0.05) is 34.1 Å². The summed E-state index contributed by atoms with van der Waals surface area (Å²) in [5.41, 5.74) is 1.42. The molecule has 0 amide bonds. The number of nitrogens with zero attached hydrogens (tertiary/aromatic N) is 1. The van der Waals surface area contributed by atoms with Gasteiger partial charge in [0.1, 0.15) is 0 Å². The van der Waals surface area contributed by atoms with E-state index in [-0.39, 0.29) is 5.69 Å². The van der Waals surface area contributed by atoms with Gasteiger partial charge in [0.25, 0.3) is 0 Å². The van der Waals surface area contributed by atoms with Crippen LogP contribution in [-0.4, -0.2) is 15.3 Å². The Morgan fingerprint density at radius 2 is 2.14 bits per heavy atom. The highest BCUT2D eigenvalue weighted by Gasteiger charge is 2.02. The lowest BCUT2D eigenvalue weighted by atomic mass is 10.1. The van der Waals surface area contributed by atoms with E-state index in [0.717, 1.165) is 28.3 Å². The largest absolute Gasteiger partial charge is 0.345 e. The molecule has 1 aromatic heterocycles. The third-order valence-corrected chi connectivity index (χ3v) is 2.45. The third kappa shape index (κ3) is 1.70. The van der Waals surface area contributed by atoms with Gasteiger partial charge in [-0.15, -0.1) is 0 Å². The third-order valence-electron chi connectivity index (χ3n) is 2.05. The van der Waals surface area contributed by atoms with E-state index >= 15 is 0 Å². The maximum absolute atomic E-state index is 11.2. The van der Waals surface area contributed by atoms with E-state index in [1.807, 2.05) is 24.3 Å². The highest BCUT2D eigenvalue weighted by atomic mass is 79.9. The standard InChI is InChI=1S/C10H9BrN2O/c11-6-5-9-7-3-1-2-4-8(7)12-10(14)13-9/h1-4H,5-6H2,(H,12,13,14). The summed E-state index contributed by atoms with van der Waals surface area (Å²) >= 11 is 3.35. The van der Waals surface area contributed by atoms with Gasteiger partial charge in [0.2, 0.25) is 0 Å². The number of alkyl halides is 1. The second-order valence-corrected chi connectivity index (χ2v) is 3.77. The van der Waals surface area contributed by atoms with Gasteiger partial charge in [0.05, 0.1) is 5.52 Å². The predicted molar refractivity (Wildman–Crippen MR) is 59.9 cm³/mol. The summed E-state index contributed by atoms with van der Waals surface area (Å²) in [6.07, 6.45) is 0.804. The van der Waals surface area contributed by atoms with Crippen molar-refractivity contribution in [1.29, 1.82) is 0 Å². The molecule has 0 atom stereocenters. The van der Waals surface area contributed by atoms with Gasteiger partial charge in [-0.2, -0.15) is 4.98 Å². The quantitative estimate of drug-likeness (QED) is 0.830. The number of fused-ring (bicyclic) bond motifs is 1. The van der Waals surface area contributed by atoms with E-state index in [4.69, 9.17) is 0 Å². The molecule has 72 valence electrons. The Hall–Kier alpha value is -1.16. The van der Waals surface area contributed by atoms with Crippen LogP contribution in [0.3, 0.4) is 0 Å². The fourth-order valence-electron chi connectivity index (χ4n) is 1.45. The van der Waals surface area contributed by atoms with Gasteiger partial charge in [0.15, 0.2) is 0 Å². The number of aromatic nitrogens is 2. The Balaban J connectivity index is 2.73. The maximum atomic E-state index is 11.2. The van der Waals surface area contributed by atoms with Crippen molar-refractivity contribution >= 4 is 26.8 Å². The van der Waals surface area contributed by atoms with Crippen LogP contribution in [0.4, 0.5) is 0 Å². The Morgan fingerprint density at radius 3 is 2.93 bits per heavy atom. The van der Waals surface area contributed by atoms with Gasteiger partial charge in [0, 0.05) is 16.4 Å². The van der Waals surface area contributed by atoms with Crippen LogP contribution in [0.25, 0.3) is 10.9 Å². The lowest BCUT2D eigenvalue weighted by Crippen LogP contribution is -2.13. The van der Waals surface area contributed by atoms with E-state index in [2.05, 4.69) is 25.9 Å². The van der Waals surface area contributed by atoms with Crippen molar-refractivity contribution in [3.63, 3.8) is 0 Å². The van der Waals surface area contributed by atoms with Crippen molar-refractivity contribution in [3.05, 3.63) is 40.4 Å². The second-order valence-electron chi connectivity index (χ2n) is 2.98. The van der Waals surface area contributed by atoms with Crippen LogP contribution in [0.5, 0.6) is 0 Å². The van der Waals surface area contributed by atoms with Crippen LogP contribution < -0.4 is 5.69 Å². The minimum atomic E-state index is -0.278. The molecule has 1 heterocycles. The summed E-state index contributed by atoms with van der Waals surface area (Å²) in [5, 5.41) is 1.85. The molecule has 0 bridgehead atoms. The number of halogens is 1. The van der Waals surface area contributed by atoms with Crippen LogP contribution in [0, 0.1) is 0 Å². The summed E-state index contributed by atoms with van der Waals surface area (Å²) in [5.74, 6) is 0. The molecule has 1 N–H and O–H groups in total. The number of nitrogens with one attached hydrogen (secondary N) is 1. The summed E-state index contributed by atoms with van der Waals surface area (Å²) in [4.78, 5) is 17.8. The number of aromatic amines is 1. The lowest BCUT2D eigenvalue weighted by Gasteiger charge is -2.02. The van der Waals surface area contributed by atoms with E-state index < -0.39 is 0 Å². The average Bonchev–Trinajstić information content (AvgIpc) is 2.18. The zero-order valence-corrected chi connectivity index (χ0v) is 9.04. The van der Waals surface area contributed by atoms with Crippen LogP contribution in [0.15, 0.2) is 29.1 Å². The molecule has 0 saturated heterocycles. The van der Waals surface area contributed by atoms with Crippen molar-refractivity contribution in [3.8, 4) is 0 Å². The highest BCUT2D eigenvalue weighted by molar-refractivity contribution is 9.09. The molecule has 0 radical (unpaired) electrons. The molecule has 14 heavy (non-hydrogen) atoms. The molecule has 0 saturated carbocycles. The first-order valence-electron chi connectivity index (χ1n) is 4.35. The van der Waals surface area contributed by atoms with Crippen molar-refractivity contribution in [2.75, 3.05) is 5.33 Å². The normalized spacial score (nSPS) is 10.6. The van der Waals surface area contributed by atoms with Gasteiger partial charge in [-0.3, -0.25) is 0 Å². The minimum Gasteiger partial charge on any atom is -0.309 e. The van der Waals surface area contributed by atoms with Crippen molar-refractivity contribution < 1.29 is 0 Å². The summed E-state index contributed by atoms with van der Waals surface area (Å²) in [6.45, 7) is 0. The highest BCUT2D eigenvalue weighted by Crippen LogP contribution is 2.13. The van der Waals surface area contributed by atoms with Gasteiger partial charge < -0.3 is 4.98 Å². The molecular formula is C10H9BrN2O. The molecule has 0 aliphatic heterocycles. The zero-order valence-electron chi connectivity index (χ0n) is 7.46. The van der Waals surface area contributed by atoms with Gasteiger partial charge in [-0.05, 0) is 12.5 Å². The van der Waals surface area contributed by atoms with Gasteiger partial charge in [-0.25, -0.2) is 4.79 Å². The number of hydrogen-bond donors (Lipinski definition) is 1. The molecule has 2 aromatic rings. The molecule has 1 aromatic carbocycles. The molecular weight excluding hydrogens is 244 g/mol. The molecule has 4 heteroatoms. The van der Waals surface area contributed by atoms with E-state index in [0.29, 0.717) is 0 Å². The Morgan fingerprint density at radius 1 is 1.36 bits per heavy atom. The number of H-pyrrole nitrogens is 1. The molecule has 0 spiro atoms. The maximum Gasteiger partial charge on any atom is 0.345 e. The Kier molecular flexibility index (Phi) is 2.63.